The number of nitrogens with two attached hydrogens (primary N) is 1. The van der Waals surface area contributed by atoms with Crippen LogP contribution in [0, 0.1) is 0 Å². The first-order valence-corrected chi connectivity index (χ1v) is 9.12. The van der Waals surface area contributed by atoms with Gasteiger partial charge < -0.3 is 20.7 Å². The minimum absolute atomic E-state index is 0. The molecule has 2 aromatic rings. The minimum Gasteiger partial charge on any atom is -0.496 e. The van der Waals surface area contributed by atoms with Gasteiger partial charge in [0.2, 0.25) is 5.91 Å². The third-order valence-electron chi connectivity index (χ3n) is 4.67. The van der Waals surface area contributed by atoms with Gasteiger partial charge in [-0.3, -0.25) is 9.59 Å². The molecule has 1 fully saturated rings. The van der Waals surface area contributed by atoms with Crippen molar-refractivity contribution in [3.63, 3.8) is 0 Å². The largest absolute Gasteiger partial charge is 0.496 e. The normalized spacial score (nSPS) is 14.4. The van der Waals surface area contributed by atoms with E-state index in [-0.39, 0.29) is 30.3 Å². The molecule has 2 aromatic carbocycles. The first kappa shape index (κ1) is 21.9. The molecule has 2 amide bonds. The molecular weight excluding hydrogens is 401 g/mol. The maximum Gasteiger partial charge on any atom is 0.255 e. The molecule has 1 atom stereocenters. The molecule has 3 N–H and O–H groups in total. The van der Waals surface area contributed by atoms with Gasteiger partial charge in [0.05, 0.1) is 29.4 Å². The summed E-state index contributed by atoms with van der Waals surface area (Å²) in [7, 11) is 1.47. The Labute approximate surface area is 175 Å². The number of amides is 2. The highest BCUT2D eigenvalue weighted by Gasteiger charge is 2.23. The monoisotopic (exact) mass is 423 g/mol. The first-order valence-electron chi connectivity index (χ1n) is 8.75. The molecule has 1 aliphatic rings. The molecule has 0 saturated carbocycles. The number of anilines is 2. The number of nitrogen functional groups attached to an aromatic ring is 1. The van der Waals surface area contributed by atoms with Gasteiger partial charge in [0.15, 0.2) is 0 Å². The Morgan fingerprint density at radius 1 is 1.32 bits per heavy atom. The molecule has 1 heterocycles. The molecule has 150 valence electrons. The smallest absolute Gasteiger partial charge is 0.255 e. The number of hydrogen-bond acceptors (Lipinski definition) is 4. The minimum atomic E-state index is -0.316. The average molecular weight is 424 g/mol. The fourth-order valence-electron chi connectivity index (χ4n) is 3.16. The fourth-order valence-corrected chi connectivity index (χ4v) is 3.32. The first-order chi connectivity index (χ1) is 12.9. The van der Waals surface area contributed by atoms with Crippen molar-refractivity contribution in [1.82, 2.24) is 5.32 Å². The fraction of sp³-hybridized carbons (Fsp3) is 0.300. The SMILES string of the molecule is COc1cc(N)c(Cl)cc1C(=O)NC(C)c1cccc(N2CCCC2=O)c1.Cl. The summed E-state index contributed by atoms with van der Waals surface area (Å²) in [5.41, 5.74) is 8.19. The van der Waals surface area contributed by atoms with E-state index in [2.05, 4.69) is 5.32 Å². The lowest BCUT2D eigenvalue weighted by atomic mass is 10.1. The zero-order valence-corrected chi connectivity index (χ0v) is 17.3. The van der Waals surface area contributed by atoms with E-state index >= 15 is 0 Å². The molecule has 1 saturated heterocycles. The molecule has 1 aliphatic heterocycles. The second-order valence-electron chi connectivity index (χ2n) is 6.51. The van der Waals surface area contributed by atoms with Gasteiger partial charge >= 0.3 is 0 Å². The van der Waals surface area contributed by atoms with E-state index in [1.54, 1.807) is 4.90 Å². The van der Waals surface area contributed by atoms with Gasteiger partial charge in [-0.1, -0.05) is 23.7 Å². The number of ether oxygens (including phenoxy) is 1. The van der Waals surface area contributed by atoms with Crippen LogP contribution in [0.3, 0.4) is 0 Å². The van der Waals surface area contributed by atoms with Crippen molar-refractivity contribution in [1.29, 1.82) is 0 Å². The highest BCUT2D eigenvalue weighted by molar-refractivity contribution is 6.33. The van der Waals surface area contributed by atoms with Crippen LogP contribution in [0.15, 0.2) is 36.4 Å². The van der Waals surface area contributed by atoms with Crippen molar-refractivity contribution >= 4 is 47.2 Å². The van der Waals surface area contributed by atoms with Crippen LogP contribution in [0.2, 0.25) is 5.02 Å². The summed E-state index contributed by atoms with van der Waals surface area (Å²) < 4.78 is 5.24. The maximum atomic E-state index is 12.7. The van der Waals surface area contributed by atoms with Crippen LogP contribution in [0.5, 0.6) is 5.75 Å². The lowest BCUT2D eigenvalue weighted by molar-refractivity contribution is -0.117. The van der Waals surface area contributed by atoms with Crippen molar-refractivity contribution in [3.05, 3.63) is 52.5 Å². The summed E-state index contributed by atoms with van der Waals surface area (Å²) in [6.45, 7) is 2.61. The van der Waals surface area contributed by atoms with Gasteiger partial charge in [-0.25, -0.2) is 0 Å². The van der Waals surface area contributed by atoms with Gasteiger partial charge in [-0.2, -0.15) is 0 Å². The Morgan fingerprint density at radius 3 is 2.71 bits per heavy atom. The highest BCUT2D eigenvalue weighted by Crippen LogP contribution is 2.30. The lowest BCUT2D eigenvalue weighted by Gasteiger charge is -2.20. The second-order valence-corrected chi connectivity index (χ2v) is 6.92. The zero-order valence-electron chi connectivity index (χ0n) is 15.7. The van der Waals surface area contributed by atoms with E-state index in [1.165, 1.54) is 19.2 Å². The molecule has 0 bridgehead atoms. The van der Waals surface area contributed by atoms with Gasteiger partial charge in [-0.15, -0.1) is 12.4 Å². The van der Waals surface area contributed by atoms with Gasteiger partial charge in [0.1, 0.15) is 5.75 Å². The summed E-state index contributed by atoms with van der Waals surface area (Å²) in [5, 5.41) is 3.24. The van der Waals surface area contributed by atoms with E-state index in [0.29, 0.717) is 28.4 Å². The number of nitrogens with one attached hydrogen (secondary N) is 1. The molecule has 1 unspecified atom stereocenters. The topological polar surface area (TPSA) is 84.7 Å². The van der Waals surface area contributed by atoms with E-state index in [0.717, 1.165) is 24.2 Å². The highest BCUT2D eigenvalue weighted by atomic mass is 35.5. The molecule has 28 heavy (non-hydrogen) atoms. The molecule has 6 nitrogen and oxygen atoms in total. The van der Waals surface area contributed by atoms with Crippen LogP contribution in [-0.2, 0) is 4.79 Å². The number of carbonyl (C=O) groups excluding carboxylic acids is 2. The number of methoxy groups -OCH3 is 1. The number of halogens is 2. The number of benzene rings is 2. The predicted molar refractivity (Wildman–Crippen MR) is 114 cm³/mol. The van der Waals surface area contributed by atoms with Crippen molar-refractivity contribution in [3.8, 4) is 5.75 Å². The Balaban J connectivity index is 0.00000280. The van der Waals surface area contributed by atoms with Crippen LogP contribution < -0.4 is 20.7 Å². The standard InChI is InChI=1S/C20H22ClN3O3.ClH/c1-12(13-5-3-6-14(9-13)24-8-4-7-19(24)25)23-20(26)15-10-16(21)17(22)11-18(15)27-2;/h3,5-6,9-12H,4,7-8,22H2,1-2H3,(H,23,26);1H. The van der Waals surface area contributed by atoms with Gasteiger partial charge in [-0.05, 0) is 37.1 Å². The average Bonchev–Trinajstić information content (AvgIpc) is 3.09. The summed E-state index contributed by atoms with van der Waals surface area (Å²) in [4.78, 5) is 26.5. The number of hydrogen-bond donors (Lipinski definition) is 2. The van der Waals surface area contributed by atoms with Gasteiger partial charge in [0.25, 0.3) is 5.91 Å². The van der Waals surface area contributed by atoms with Crippen molar-refractivity contribution < 1.29 is 14.3 Å². The van der Waals surface area contributed by atoms with E-state index in [9.17, 15) is 9.59 Å². The van der Waals surface area contributed by atoms with Crippen LogP contribution in [0.1, 0.15) is 41.7 Å². The molecule has 0 spiro atoms. The van der Waals surface area contributed by atoms with Crippen LogP contribution in [0.25, 0.3) is 0 Å². The maximum absolute atomic E-state index is 12.7. The van der Waals surface area contributed by atoms with Crippen LogP contribution >= 0.6 is 24.0 Å². The van der Waals surface area contributed by atoms with E-state index in [4.69, 9.17) is 22.1 Å². The summed E-state index contributed by atoms with van der Waals surface area (Å²) in [6.07, 6.45) is 1.45. The number of rotatable bonds is 5. The molecule has 8 heteroatoms. The quantitative estimate of drug-likeness (QED) is 0.712. The summed E-state index contributed by atoms with van der Waals surface area (Å²) in [5.74, 6) is 0.173. The Kier molecular flexibility index (Phi) is 7.16. The van der Waals surface area contributed by atoms with Gasteiger partial charge in [0, 0.05) is 24.7 Å². The molecule has 3 rings (SSSR count). The van der Waals surface area contributed by atoms with Crippen molar-refractivity contribution in [2.24, 2.45) is 0 Å². The van der Waals surface area contributed by atoms with E-state index < -0.39 is 0 Å². The number of carbonyl (C=O) groups is 2. The number of nitrogens with zero attached hydrogens (tertiary/aromatic N) is 1. The van der Waals surface area contributed by atoms with Crippen molar-refractivity contribution in [2.45, 2.75) is 25.8 Å². The predicted octanol–water partition coefficient (Wildman–Crippen LogP) is 3.97. The molecular formula is C20H23Cl2N3O3. The third kappa shape index (κ3) is 4.51. The zero-order chi connectivity index (χ0) is 19.6. The summed E-state index contributed by atoms with van der Waals surface area (Å²) in [6, 6.07) is 10.4. The Morgan fingerprint density at radius 2 is 2.07 bits per heavy atom. The molecule has 0 aliphatic carbocycles. The third-order valence-corrected chi connectivity index (χ3v) is 4.99. The van der Waals surface area contributed by atoms with Crippen molar-refractivity contribution in [2.75, 3.05) is 24.3 Å². The van der Waals surface area contributed by atoms with Crippen LogP contribution in [0.4, 0.5) is 11.4 Å². The molecule has 0 aromatic heterocycles. The molecule has 0 radical (unpaired) electrons. The lowest BCUT2D eigenvalue weighted by Crippen LogP contribution is -2.28. The van der Waals surface area contributed by atoms with Crippen LogP contribution in [-0.4, -0.2) is 25.5 Å². The Bertz CT molecular complexity index is 889. The van der Waals surface area contributed by atoms with E-state index in [1.807, 2.05) is 31.2 Å². The second kappa shape index (κ2) is 9.17. The summed E-state index contributed by atoms with van der Waals surface area (Å²) >= 11 is 6.05. The Hall–Kier alpha value is -2.44.